The van der Waals surface area contributed by atoms with Gasteiger partial charge in [-0.05, 0) is 18.9 Å². The zero-order valence-electron chi connectivity index (χ0n) is 12.5. The molecule has 2 rings (SSSR count). The summed E-state index contributed by atoms with van der Waals surface area (Å²) >= 11 is 0. The van der Waals surface area contributed by atoms with Crippen LogP contribution in [0.15, 0.2) is 29.3 Å². The van der Waals surface area contributed by atoms with Crippen LogP contribution < -0.4 is 11.1 Å². The number of aliphatic imine (C=N–C) groups is 1. The molecule has 0 spiro atoms. The molecule has 1 atom stereocenters. The van der Waals surface area contributed by atoms with Crippen molar-refractivity contribution in [3.05, 3.63) is 29.8 Å². The highest BCUT2D eigenvalue weighted by Gasteiger charge is 2.30. The van der Waals surface area contributed by atoms with Crippen LogP contribution in [0, 0.1) is 0 Å². The molecule has 1 aliphatic rings. The third kappa shape index (κ3) is 5.10. The van der Waals surface area contributed by atoms with Crippen molar-refractivity contribution < 1.29 is 13.2 Å². The number of ether oxygens (including phenoxy) is 1. The Labute approximate surface area is 148 Å². The maximum absolute atomic E-state index is 11.7. The largest absolute Gasteiger partial charge is 0.380 e. The number of halogens is 1. The Morgan fingerprint density at radius 1 is 1.45 bits per heavy atom. The molecule has 6 nitrogen and oxygen atoms in total. The number of nitrogens with zero attached hydrogens (tertiary/aromatic N) is 1. The summed E-state index contributed by atoms with van der Waals surface area (Å²) in [6, 6.07) is 7.61. The number of anilines is 1. The molecule has 8 heteroatoms. The van der Waals surface area contributed by atoms with Crippen LogP contribution in [-0.4, -0.2) is 39.0 Å². The number of rotatable bonds is 5. The van der Waals surface area contributed by atoms with E-state index in [-0.39, 0.29) is 42.2 Å². The van der Waals surface area contributed by atoms with Gasteiger partial charge in [0.2, 0.25) is 0 Å². The van der Waals surface area contributed by atoms with Gasteiger partial charge < -0.3 is 15.8 Å². The molecule has 1 heterocycles. The van der Waals surface area contributed by atoms with Crippen molar-refractivity contribution in [2.75, 3.05) is 24.7 Å². The van der Waals surface area contributed by atoms with Gasteiger partial charge in [0.05, 0.1) is 24.2 Å². The molecule has 0 saturated carbocycles. The van der Waals surface area contributed by atoms with Crippen molar-refractivity contribution in [3.63, 3.8) is 0 Å². The summed E-state index contributed by atoms with van der Waals surface area (Å²) in [7, 11) is -1.36. The van der Waals surface area contributed by atoms with E-state index in [1.165, 1.54) is 0 Å². The second-order valence-electron chi connectivity index (χ2n) is 5.07. The molecular weight excluding hydrogens is 417 g/mol. The SMILES string of the molecule is COCc1ccccc1NC(N)=NCC1CCCS1(=O)=O.I. The van der Waals surface area contributed by atoms with Crippen molar-refractivity contribution in [1.82, 2.24) is 0 Å². The Kier molecular flexibility index (Phi) is 7.57. The third-order valence-electron chi connectivity index (χ3n) is 3.51. The molecule has 124 valence electrons. The second-order valence-corrected chi connectivity index (χ2v) is 7.47. The van der Waals surface area contributed by atoms with E-state index >= 15 is 0 Å². The minimum atomic E-state index is -2.98. The Morgan fingerprint density at radius 3 is 2.82 bits per heavy atom. The molecule has 1 fully saturated rings. The zero-order valence-corrected chi connectivity index (χ0v) is 15.6. The van der Waals surface area contributed by atoms with Gasteiger partial charge in [0, 0.05) is 18.4 Å². The van der Waals surface area contributed by atoms with E-state index in [4.69, 9.17) is 10.5 Å². The average Bonchev–Trinajstić information content (AvgIpc) is 2.78. The Hall–Kier alpha value is -0.870. The van der Waals surface area contributed by atoms with Crippen LogP contribution in [0.25, 0.3) is 0 Å². The van der Waals surface area contributed by atoms with Gasteiger partial charge in [0.15, 0.2) is 15.8 Å². The van der Waals surface area contributed by atoms with Gasteiger partial charge in [0.1, 0.15) is 0 Å². The molecule has 1 saturated heterocycles. The van der Waals surface area contributed by atoms with E-state index in [0.29, 0.717) is 19.4 Å². The number of hydrogen-bond acceptors (Lipinski definition) is 4. The van der Waals surface area contributed by atoms with Crippen LogP contribution in [0.3, 0.4) is 0 Å². The van der Waals surface area contributed by atoms with Gasteiger partial charge in [-0.1, -0.05) is 18.2 Å². The molecule has 1 unspecified atom stereocenters. The number of nitrogens with one attached hydrogen (secondary N) is 1. The molecule has 3 N–H and O–H groups in total. The molecule has 22 heavy (non-hydrogen) atoms. The van der Waals surface area contributed by atoms with E-state index in [2.05, 4.69) is 10.3 Å². The van der Waals surface area contributed by atoms with Gasteiger partial charge in [-0.25, -0.2) is 8.42 Å². The Balaban J connectivity index is 0.00000242. The maximum Gasteiger partial charge on any atom is 0.193 e. The van der Waals surface area contributed by atoms with Gasteiger partial charge in [-0.3, -0.25) is 4.99 Å². The lowest BCUT2D eigenvalue weighted by molar-refractivity contribution is 0.185. The molecule has 0 bridgehead atoms. The van der Waals surface area contributed by atoms with Crippen LogP contribution in [0.4, 0.5) is 5.69 Å². The zero-order chi connectivity index (χ0) is 15.3. The fourth-order valence-corrected chi connectivity index (χ4v) is 4.09. The number of methoxy groups -OCH3 is 1. The second kappa shape index (κ2) is 8.68. The summed E-state index contributed by atoms with van der Waals surface area (Å²) in [5.41, 5.74) is 7.62. The lowest BCUT2D eigenvalue weighted by Gasteiger charge is -2.11. The highest BCUT2D eigenvalue weighted by atomic mass is 127. The van der Waals surface area contributed by atoms with Crippen LogP contribution >= 0.6 is 24.0 Å². The van der Waals surface area contributed by atoms with Crippen LogP contribution in [0.1, 0.15) is 18.4 Å². The van der Waals surface area contributed by atoms with E-state index < -0.39 is 15.1 Å². The van der Waals surface area contributed by atoms with Crippen LogP contribution in [0.5, 0.6) is 0 Å². The summed E-state index contributed by atoms with van der Waals surface area (Å²) in [5.74, 6) is 0.484. The van der Waals surface area contributed by atoms with Crippen molar-refractivity contribution in [2.45, 2.75) is 24.7 Å². The lowest BCUT2D eigenvalue weighted by Crippen LogP contribution is -2.27. The first kappa shape index (κ1) is 19.2. The van der Waals surface area contributed by atoms with Crippen LogP contribution in [-0.2, 0) is 21.2 Å². The lowest BCUT2D eigenvalue weighted by atomic mass is 10.2. The maximum atomic E-state index is 11.7. The fourth-order valence-electron chi connectivity index (χ4n) is 2.36. The minimum Gasteiger partial charge on any atom is -0.380 e. The van der Waals surface area contributed by atoms with Gasteiger partial charge in [0.25, 0.3) is 0 Å². The average molecular weight is 439 g/mol. The predicted molar refractivity (Wildman–Crippen MR) is 99.5 cm³/mol. The van der Waals surface area contributed by atoms with Crippen LogP contribution in [0.2, 0.25) is 0 Å². The van der Waals surface area contributed by atoms with Crippen molar-refractivity contribution in [3.8, 4) is 0 Å². The van der Waals surface area contributed by atoms with Gasteiger partial charge in [-0.15, -0.1) is 24.0 Å². The summed E-state index contributed by atoms with van der Waals surface area (Å²) in [4.78, 5) is 4.16. The third-order valence-corrected chi connectivity index (χ3v) is 5.77. The van der Waals surface area contributed by atoms with Gasteiger partial charge >= 0.3 is 0 Å². The Bertz CT molecular complexity index is 620. The smallest absolute Gasteiger partial charge is 0.193 e. The summed E-state index contributed by atoms with van der Waals surface area (Å²) in [6.07, 6.45) is 1.38. The van der Waals surface area contributed by atoms with Crippen molar-refractivity contribution >= 4 is 45.5 Å². The van der Waals surface area contributed by atoms with Gasteiger partial charge in [-0.2, -0.15) is 0 Å². The number of guanidine groups is 1. The first-order chi connectivity index (χ1) is 10.0. The molecule has 0 amide bonds. The molecule has 0 aromatic heterocycles. The van der Waals surface area contributed by atoms with Crippen molar-refractivity contribution in [1.29, 1.82) is 0 Å². The van der Waals surface area contributed by atoms with E-state index in [9.17, 15) is 8.42 Å². The quantitative estimate of drug-likeness (QED) is 0.414. The number of para-hydroxylation sites is 1. The number of benzene rings is 1. The molecule has 1 aromatic rings. The van der Waals surface area contributed by atoms with E-state index in [1.54, 1.807) is 7.11 Å². The summed E-state index contributed by atoms with van der Waals surface area (Å²) < 4.78 is 28.6. The monoisotopic (exact) mass is 439 g/mol. The number of nitrogens with two attached hydrogens (primary N) is 1. The highest BCUT2D eigenvalue weighted by molar-refractivity contribution is 14.0. The first-order valence-electron chi connectivity index (χ1n) is 6.88. The number of hydrogen-bond donors (Lipinski definition) is 2. The van der Waals surface area contributed by atoms with Crippen molar-refractivity contribution in [2.24, 2.45) is 10.7 Å². The standard InChI is InChI=1S/C14H21N3O3S.HI/c1-20-10-11-5-2-3-7-13(11)17-14(15)16-9-12-6-4-8-21(12,18)19;/h2-3,5,7,12H,4,6,8-10H2,1H3,(H3,15,16,17);1H. The molecular formula is C14H22IN3O3S. The highest BCUT2D eigenvalue weighted by Crippen LogP contribution is 2.20. The van der Waals surface area contributed by atoms with E-state index in [0.717, 1.165) is 11.3 Å². The predicted octanol–water partition coefficient (Wildman–Crippen LogP) is 1.75. The molecule has 0 radical (unpaired) electrons. The topological polar surface area (TPSA) is 93.8 Å². The summed E-state index contributed by atoms with van der Waals surface area (Å²) in [6.45, 7) is 0.682. The van der Waals surface area contributed by atoms with E-state index in [1.807, 2.05) is 24.3 Å². The first-order valence-corrected chi connectivity index (χ1v) is 8.60. The Morgan fingerprint density at radius 2 is 2.18 bits per heavy atom. The molecule has 0 aliphatic carbocycles. The fraction of sp³-hybridized carbons (Fsp3) is 0.500. The minimum absolute atomic E-state index is 0. The normalized spacial score (nSPS) is 20.4. The molecule has 1 aliphatic heterocycles. The molecule has 1 aromatic carbocycles. The number of sulfone groups is 1. The summed E-state index contributed by atoms with van der Waals surface area (Å²) in [5, 5.41) is 2.60.